The monoisotopic (exact) mass is 345 g/mol. The Kier molecular flexibility index (Phi) is 3.96. The van der Waals surface area contributed by atoms with Gasteiger partial charge in [0.25, 0.3) is 0 Å². The summed E-state index contributed by atoms with van der Waals surface area (Å²) >= 11 is 0. The van der Waals surface area contributed by atoms with Crippen LogP contribution in [0.4, 0.5) is 11.4 Å². The van der Waals surface area contributed by atoms with Gasteiger partial charge in [-0.1, -0.05) is 24.3 Å². The number of hydrogen-bond donors (Lipinski definition) is 1. The smallest absolute Gasteiger partial charge is 0.231 e. The molecule has 2 aliphatic rings. The molecule has 1 aliphatic carbocycles. The highest BCUT2D eigenvalue weighted by molar-refractivity contribution is 6.05. The summed E-state index contributed by atoms with van der Waals surface area (Å²) in [7, 11) is 0. The zero-order valence-corrected chi connectivity index (χ0v) is 14.5. The Bertz CT molecular complexity index is 931. The van der Waals surface area contributed by atoms with E-state index in [-0.39, 0.29) is 29.7 Å². The second-order valence-corrected chi connectivity index (χ2v) is 7.02. The molecule has 1 saturated carbocycles. The third kappa shape index (κ3) is 2.84. The van der Waals surface area contributed by atoms with Crippen molar-refractivity contribution in [2.24, 2.45) is 11.8 Å². The van der Waals surface area contributed by atoms with Crippen LogP contribution in [0.3, 0.4) is 0 Å². The van der Waals surface area contributed by atoms with Crippen molar-refractivity contribution < 1.29 is 9.59 Å². The summed E-state index contributed by atoms with van der Waals surface area (Å²) < 4.78 is 0. The fourth-order valence-electron chi connectivity index (χ4n) is 3.74. The van der Waals surface area contributed by atoms with Crippen molar-refractivity contribution in [2.75, 3.05) is 10.2 Å². The number of fused-ring (bicyclic) bond motifs is 1. The highest BCUT2D eigenvalue weighted by Crippen LogP contribution is 2.44. The molecule has 1 N–H and O–H groups in total. The standard InChI is InChI=1S/C21H19N3O2/c1-13-9-15-6-2-3-8-19(15)24(13)21(26)18-11-17(18)20(25)23-16-7-4-5-14(10-16)12-22/h2-8,10,13,17-18H,9,11H2,1H3,(H,23,25). The Hall–Kier alpha value is -3.13. The van der Waals surface area contributed by atoms with Crippen molar-refractivity contribution >= 4 is 23.2 Å². The van der Waals surface area contributed by atoms with Gasteiger partial charge >= 0.3 is 0 Å². The van der Waals surface area contributed by atoms with Crippen LogP contribution in [0.5, 0.6) is 0 Å². The normalized spacial score (nSPS) is 23.1. The van der Waals surface area contributed by atoms with Gasteiger partial charge < -0.3 is 10.2 Å². The Morgan fingerprint density at radius 1 is 1.15 bits per heavy atom. The molecule has 0 spiro atoms. The highest BCUT2D eigenvalue weighted by atomic mass is 16.2. The van der Waals surface area contributed by atoms with Crippen LogP contribution >= 0.6 is 0 Å². The number of hydrogen-bond acceptors (Lipinski definition) is 3. The van der Waals surface area contributed by atoms with Gasteiger partial charge in [0.2, 0.25) is 11.8 Å². The van der Waals surface area contributed by atoms with Gasteiger partial charge in [0, 0.05) is 17.4 Å². The molecule has 3 unspecified atom stereocenters. The molecule has 0 saturated heterocycles. The van der Waals surface area contributed by atoms with E-state index in [9.17, 15) is 9.59 Å². The number of carbonyl (C=O) groups excluding carboxylic acids is 2. The molecule has 1 fully saturated rings. The predicted octanol–water partition coefficient (Wildman–Crippen LogP) is 3.11. The van der Waals surface area contributed by atoms with Gasteiger partial charge in [0.05, 0.1) is 23.5 Å². The minimum atomic E-state index is -0.298. The van der Waals surface area contributed by atoms with E-state index >= 15 is 0 Å². The zero-order valence-electron chi connectivity index (χ0n) is 14.5. The molecule has 2 aromatic carbocycles. The second-order valence-electron chi connectivity index (χ2n) is 7.02. The molecule has 26 heavy (non-hydrogen) atoms. The van der Waals surface area contributed by atoms with E-state index in [1.54, 1.807) is 24.3 Å². The maximum atomic E-state index is 13.0. The van der Waals surface area contributed by atoms with Crippen LogP contribution in [0.1, 0.15) is 24.5 Å². The molecular weight excluding hydrogens is 326 g/mol. The number of anilines is 2. The summed E-state index contributed by atoms with van der Waals surface area (Å²) in [6.45, 7) is 2.04. The molecule has 0 aromatic heterocycles. The molecule has 5 heteroatoms. The predicted molar refractivity (Wildman–Crippen MR) is 98.5 cm³/mol. The van der Waals surface area contributed by atoms with Gasteiger partial charge in [-0.3, -0.25) is 9.59 Å². The zero-order chi connectivity index (χ0) is 18.3. The number of nitrogens with zero attached hydrogens (tertiary/aromatic N) is 2. The Morgan fingerprint density at radius 3 is 2.77 bits per heavy atom. The van der Waals surface area contributed by atoms with Crippen LogP contribution in [0.25, 0.3) is 0 Å². The van der Waals surface area contributed by atoms with Crippen molar-refractivity contribution in [1.29, 1.82) is 5.26 Å². The number of para-hydroxylation sites is 1. The van der Waals surface area contributed by atoms with Gasteiger partial charge in [-0.15, -0.1) is 0 Å². The molecule has 2 aromatic rings. The topological polar surface area (TPSA) is 73.2 Å². The molecule has 4 rings (SSSR count). The van der Waals surface area contributed by atoms with E-state index in [0.717, 1.165) is 12.1 Å². The van der Waals surface area contributed by atoms with Gasteiger partial charge in [-0.25, -0.2) is 0 Å². The lowest BCUT2D eigenvalue weighted by Gasteiger charge is -2.23. The highest BCUT2D eigenvalue weighted by Gasteiger charge is 2.51. The van der Waals surface area contributed by atoms with Crippen molar-refractivity contribution in [1.82, 2.24) is 0 Å². The molecule has 5 nitrogen and oxygen atoms in total. The summed E-state index contributed by atoms with van der Waals surface area (Å²) in [6.07, 6.45) is 1.43. The van der Waals surface area contributed by atoms with E-state index in [4.69, 9.17) is 5.26 Å². The Labute approximate surface area is 152 Å². The molecule has 3 atom stereocenters. The maximum Gasteiger partial charge on any atom is 0.231 e. The number of nitriles is 1. The fourth-order valence-corrected chi connectivity index (χ4v) is 3.74. The van der Waals surface area contributed by atoms with Gasteiger partial charge in [0.15, 0.2) is 0 Å². The average Bonchev–Trinajstić information content (AvgIpc) is 3.38. The van der Waals surface area contributed by atoms with E-state index in [2.05, 4.69) is 17.5 Å². The van der Waals surface area contributed by atoms with Gasteiger partial charge in [0.1, 0.15) is 0 Å². The van der Waals surface area contributed by atoms with E-state index in [1.807, 2.05) is 30.0 Å². The number of rotatable bonds is 3. The van der Waals surface area contributed by atoms with Crippen molar-refractivity contribution in [3.63, 3.8) is 0 Å². The van der Waals surface area contributed by atoms with E-state index in [0.29, 0.717) is 17.7 Å². The van der Waals surface area contributed by atoms with Crippen molar-refractivity contribution in [2.45, 2.75) is 25.8 Å². The van der Waals surface area contributed by atoms with Gasteiger partial charge in [-0.05, 0) is 49.6 Å². The molecule has 130 valence electrons. The van der Waals surface area contributed by atoms with Crippen LogP contribution in [0.2, 0.25) is 0 Å². The second kappa shape index (κ2) is 6.30. The number of benzene rings is 2. The summed E-state index contributed by atoms with van der Waals surface area (Å²) in [4.78, 5) is 27.3. The van der Waals surface area contributed by atoms with Crippen LogP contribution in [-0.4, -0.2) is 17.9 Å². The molecule has 1 heterocycles. The molecular formula is C21H19N3O2. The fraction of sp³-hybridized carbons (Fsp3) is 0.286. The van der Waals surface area contributed by atoms with Crippen LogP contribution < -0.4 is 10.2 Å². The summed E-state index contributed by atoms with van der Waals surface area (Å²) in [5.41, 5.74) is 3.24. The SMILES string of the molecule is CC1Cc2ccccc2N1C(=O)C1CC1C(=O)Nc1cccc(C#N)c1. The lowest BCUT2D eigenvalue weighted by molar-refractivity contribution is -0.123. The van der Waals surface area contributed by atoms with E-state index < -0.39 is 0 Å². The largest absolute Gasteiger partial charge is 0.326 e. The first-order valence-corrected chi connectivity index (χ1v) is 8.80. The molecule has 1 aliphatic heterocycles. The van der Waals surface area contributed by atoms with Crippen molar-refractivity contribution in [3.05, 3.63) is 59.7 Å². The summed E-state index contributed by atoms with van der Waals surface area (Å²) in [5.74, 6) is -0.678. The molecule has 2 amide bonds. The molecule has 0 radical (unpaired) electrons. The summed E-state index contributed by atoms with van der Waals surface area (Å²) in [6, 6.07) is 16.9. The minimum Gasteiger partial charge on any atom is -0.326 e. The number of carbonyl (C=O) groups is 2. The first-order chi connectivity index (χ1) is 12.6. The summed E-state index contributed by atoms with van der Waals surface area (Å²) in [5, 5.41) is 11.8. The first kappa shape index (κ1) is 16.3. The van der Waals surface area contributed by atoms with Crippen LogP contribution in [0.15, 0.2) is 48.5 Å². The molecule has 0 bridgehead atoms. The van der Waals surface area contributed by atoms with Gasteiger partial charge in [-0.2, -0.15) is 5.26 Å². The Balaban J connectivity index is 1.44. The lowest BCUT2D eigenvalue weighted by atomic mass is 10.1. The third-order valence-electron chi connectivity index (χ3n) is 5.15. The lowest BCUT2D eigenvalue weighted by Crippen LogP contribution is -2.37. The number of nitrogens with one attached hydrogen (secondary N) is 1. The minimum absolute atomic E-state index is 0.0355. The van der Waals surface area contributed by atoms with Crippen LogP contribution in [0, 0.1) is 23.2 Å². The number of amides is 2. The first-order valence-electron chi connectivity index (χ1n) is 8.80. The Morgan fingerprint density at radius 2 is 1.96 bits per heavy atom. The van der Waals surface area contributed by atoms with Crippen LogP contribution in [-0.2, 0) is 16.0 Å². The van der Waals surface area contributed by atoms with Crippen molar-refractivity contribution in [3.8, 4) is 6.07 Å². The maximum absolute atomic E-state index is 13.0. The quantitative estimate of drug-likeness (QED) is 0.929. The third-order valence-corrected chi connectivity index (χ3v) is 5.15. The van der Waals surface area contributed by atoms with E-state index in [1.165, 1.54) is 5.56 Å². The average molecular weight is 345 g/mol.